The average molecular weight is 339 g/mol. The number of nitrogens with one attached hydrogen (secondary N) is 1. The molecule has 2 fully saturated rings. The summed E-state index contributed by atoms with van der Waals surface area (Å²) in [7, 11) is -6.79. The van der Waals surface area contributed by atoms with Crippen LogP contribution in [0.4, 0.5) is 0 Å². The number of hydrogen-bond donors (Lipinski definition) is 1. The van der Waals surface area contributed by atoms with Crippen LogP contribution < -0.4 is 4.72 Å². The maximum absolute atomic E-state index is 12.7. The third-order valence-corrected chi connectivity index (χ3v) is 6.77. The summed E-state index contributed by atoms with van der Waals surface area (Å²) in [5.74, 6) is 0.378. The van der Waals surface area contributed by atoms with E-state index in [2.05, 4.69) is 11.6 Å². The van der Waals surface area contributed by atoms with Gasteiger partial charge in [-0.3, -0.25) is 0 Å². The van der Waals surface area contributed by atoms with Gasteiger partial charge in [0, 0.05) is 32.2 Å². The van der Waals surface area contributed by atoms with Crippen molar-refractivity contribution in [1.29, 1.82) is 0 Å². The van der Waals surface area contributed by atoms with E-state index in [9.17, 15) is 16.8 Å². The van der Waals surface area contributed by atoms with Gasteiger partial charge in [0.05, 0.1) is 6.26 Å². The molecule has 0 unspecified atom stereocenters. The summed E-state index contributed by atoms with van der Waals surface area (Å²) in [6.07, 6.45) is 4.40. The Hall–Kier alpha value is -0.220. The topological polar surface area (TPSA) is 86.8 Å². The first-order valence-corrected chi connectivity index (χ1v) is 10.7. The molecule has 0 bridgehead atoms. The highest BCUT2D eigenvalue weighted by Gasteiger charge is 2.35. The minimum atomic E-state index is -3.47. The molecule has 0 saturated carbocycles. The molecule has 0 amide bonds. The molecule has 2 aliphatic heterocycles. The molecule has 2 heterocycles. The molecule has 2 atom stereocenters. The summed E-state index contributed by atoms with van der Waals surface area (Å²) in [6.45, 7) is 3.87. The minimum Gasteiger partial charge on any atom is -0.213 e. The van der Waals surface area contributed by atoms with Crippen molar-refractivity contribution in [2.45, 2.75) is 38.6 Å². The van der Waals surface area contributed by atoms with E-state index in [0.717, 1.165) is 19.1 Å². The summed E-state index contributed by atoms with van der Waals surface area (Å²) >= 11 is 0. The fourth-order valence-corrected chi connectivity index (χ4v) is 5.73. The Morgan fingerprint density at radius 2 is 1.52 bits per heavy atom. The molecular weight excluding hydrogens is 314 g/mol. The zero-order valence-corrected chi connectivity index (χ0v) is 14.3. The van der Waals surface area contributed by atoms with Crippen LogP contribution in [0.1, 0.15) is 32.6 Å². The Kier molecular flexibility index (Phi) is 5.30. The Morgan fingerprint density at radius 3 is 2.10 bits per heavy atom. The van der Waals surface area contributed by atoms with Gasteiger partial charge in [-0.1, -0.05) is 6.92 Å². The van der Waals surface area contributed by atoms with E-state index < -0.39 is 20.2 Å². The van der Waals surface area contributed by atoms with Crippen LogP contribution in [0.5, 0.6) is 0 Å². The van der Waals surface area contributed by atoms with Gasteiger partial charge >= 0.3 is 0 Å². The van der Waals surface area contributed by atoms with Crippen molar-refractivity contribution in [2.24, 2.45) is 5.92 Å². The Labute approximate surface area is 127 Å². The van der Waals surface area contributed by atoms with Crippen LogP contribution in [0.25, 0.3) is 0 Å². The van der Waals surface area contributed by atoms with E-state index in [1.165, 1.54) is 4.31 Å². The first-order chi connectivity index (χ1) is 9.68. The SMILES string of the molecule is C[C@H]1CCCN(S(=O)(=O)N2CCC[C@H](NS(C)(=O)=O)C2)C1. The third kappa shape index (κ3) is 4.62. The van der Waals surface area contributed by atoms with Gasteiger partial charge in [0.25, 0.3) is 10.2 Å². The zero-order valence-electron chi connectivity index (χ0n) is 12.7. The van der Waals surface area contributed by atoms with Crippen molar-refractivity contribution in [2.75, 3.05) is 32.4 Å². The summed E-state index contributed by atoms with van der Waals surface area (Å²) < 4.78 is 53.5. The largest absolute Gasteiger partial charge is 0.282 e. The smallest absolute Gasteiger partial charge is 0.213 e. The number of hydrogen-bond acceptors (Lipinski definition) is 4. The normalized spacial score (nSPS) is 30.4. The number of piperidine rings is 2. The molecule has 0 aliphatic carbocycles. The lowest BCUT2D eigenvalue weighted by molar-refractivity contribution is 0.237. The Morgan fingerprint density at radius 1 is 0.952 bits per heavy atom. The van der Waals surface area contributed by atoms with Crippen LogP contribution in [0.15, 0.2) is 0 Å². The zero-order chi connectivity index (χ0) is 15.7. The lowest BCUT2D eigenvalue weighted by Crippen LogP contribution is -2.54. The maximum atomic E-state index is 12.7. The van der Waals surface area contributed by atoms with Gasteiger partial charge in [0.2, 0.25) is 10.0 Å². The van der Waals surface area contributed by atoms with E-state index in [4.69, 9.17) is 0 Å². The van der Waals surface area contributed by atoms with Crippen LogP contribution in [-0.4, -0.2) is 63.9 Å². The quantitative estimate of drug-likeness (QED) is 0.780. The first-order valence-electron chi connectivity index (χ1n) is 7.41. The van der Waals surface area contributed by atoms with Crippen LogP contribution in [0.3, 0.4) is 0 Å². The lowest BCUT2D eigenvalue weighted by Gasteiger charge is -2.38. The monoisotopic (exact) mass is 339 g/mol. The highest BCUT2D eigenvalue weighted by atomic mass is 32.2. The summed E-state index contributed by atoms with van der Waals surface area (Å²) in [4.78, 5) is 0. The molecule has 21 heavy (non-hydrogen) atoms. The summed E-state index contributed by atoms with van der Waals surface area (Å²) in [5.41, 5.74) is 0. The molecular formula is C12H25N3O4S2. The van der Waals surface area contributed by atoms with Gasteiger partial charge in [-0.25, -0.2) is 13.1 Å². The highest BCUT2D eigenvalue weighted by Crippen LogP contribution is 2.23. The number of rotatable bonds is 4. The minimum absolute atomic E-state index is 0.223. The second-order valence-corrected chi connectivity index (χ2v) is 9.91. The van der Waals surface area contributed by atoms with Crippen LogP contribution >= 0.6 is 0 Å². The predicted octanol–water partition coefficient (Wildman–Crippen LogP) is -0.0233. The fraction of sp³-hybridized carbons (Fsp3) is 1.00. The molecule has 0 spiro atoms. The molecule has 0 radical (unpaired) electrons. The third-order valence-electron chi connectivity index (χ3n) is 4.04. The number of nitrogens with zero attached hydrogens (tertiary/aromatic N) is 2. The van der Waals surface area contributed by atoms with Gasteiger partial charge in [0.15, 0.2) is 0 Å². The second-order valence-electron chi connectivity index (χ2n) is 6.20. The highest BCUT2D eigenvalue weighted by molar-refractivity contribution is 7.88. The summed E-state index contributed by atoms with van der Waals surface area (Å²) in [6, 6.07) is -0.328. The molecule has 7 nitrogen and oxygen atoms in total. The van der Waals surface area contributed by atoms with Crippen molar-refractivity contribution in [3.05, 3.63) is 0 Å². The molecule has 9 heteroatoms. The van der Waals surface area contributed by atoms with Crippen LogP contribution in [0.2, 0.25) is 0 Å². The molecule has 2 saturated heterocycles. The molecule has 0 aromatic rings. The van der Waals surface area contributed by atoms with E-state index in [1.807, 2.05) is 0 Å². The van der Waals surface area contributed by atoms with Crippen molar-refractivity contribution in [3.8, 4) is 0 Å². The molecule has 0 aromatic carbocycles. The lowest BCUT2D eigenvalue weighted by atomic mass is 10.0. The number of sulfonamides is 1. The van der Waals surface area contributed by atoms with Crippen LogP contribution in [-0.2, 0) is 20.2 Å². The van der Waals surface area contributed by atoms with Gasteiger partial charge < -0.3 is 0 Å². The molecule has 0 aromatic heterocycles. The predicted molar refractivity (Wildman–Crippen MR) is 81.5 cm³/mol. The van der Waals surface area contributed by atoms with Gasteiger partial charge in [-0.15, -0.1) is 0 Å². The fourth-order valence-electron chi connectivity index (χ4n) is 3.07. The van der Waals surface area contributed by atoms with E-state index in [-0.39, 0.29) is 12.6 Å². The van der Waals surface area contributed by atoms with Crippen molar-refractivity contribution in [1.82, 2.24) is 13.3 Å². The Bertz CT molecular complexity index is 561. The maximum Gasteiger partial charge on any atom is 0.282 e. The molecule has 124 valence electrons. The van der Waals surface area contributed by atoms with Crippen molar-refractivity contribution < 1.29 is 16.8 Å². The molecule has 1 N–H and O–H groups in total. The molecule has 2 aliphatic rings. The first kappa shape index (κ1) is 17.1. The van der Waals surface area contributed by atoms with Gasteiger partial charge in [0.1, 0.15) is 0 Å². The standard InChI is InChI=1S/C12H25N3O4S2/c1-11-5-3-7-14(9-11)21(18,19)15-8-4-6-12(10-15)13-20(2,16)17/h11-13H,3-10H2,1-2H3/t11-,12-/m0/s1. The molecule has 2 rings (SSSR count). The van der Waals surface area contributed by atoms with E-state index >= 15 is 0 Å². The van der Waals surface area contributed by atoms with E-state index in [1.54, 1.807) is 4.31 Å². The average Bonchev–Trinajstić information content (AvgIpc) is 2.37. The van der Waals surface area contributed by atoms with Gasteiger partial charge in [-0.05, 0) is 31.6 Å². The van der Waals surface area contributed by atoms with Crippen LogP contribution in [0, 0.1) is 5.92 Å². The van der Waals surface area contributed by atoms with Gasteiger partial charge in [-0.2, -0.15) is 17.0 Å². The second kappa shape index (κ2) is 6.49. The van der Waals surface area contributed by atoms with Crippen molar-refractivity contribution >= 4 is 20.2 Å². The Balaban J connectivity index is 2.05. The summed E-state index contributed by atoms with van der Waals surface area (Å²) in [5, 5.41) is 0. The van der Waals surface area contributed by atoms with Crippen molar-refractivity contribution in [3.63, 3.8) is 0 Å². The van der Waals surface area contributed by atoms with E-state index in [0.29, 0.717) is 38.4 Å².